The number of carbonyl (C=O) groups is 3. The Morgan fingerprint density at radius 2 is 1.76 bits per heavy atom. The number of hydrogen-bond acceptors (Lipinski definition) is 5. The molecule has 1 heterocycles. The van der Waals surface area contributed by atoms with Crippen LogP contribution in [0.5, 0.6) is 0 Å². The molecule has 1 aliphatic heterocycles. The molecule has 2 aliphatic rings. The van der Waals surface area contributed by atoms with Crippen molar-refractivity contribution >= 4 is 29.7 Å². The van der Waals surface area contributed by atoms with E-state index < -0.39 is 24.1 Å². The zero-order chi connectivity index (χ0) is 23.4. The van der Waals surface area contributed by atoms with E-state index in [1.54, 1.807) is 0 Å². The van der Waals surface area contributed by atoms with Crippen molar-refractivity contribution in [2.24, 2.45) is 0 Å². The largest absolute Gasteiger partial charge is 0.480 e. The van der Waals surface area contributed by atoms with E-state index in [9.17, 15) is 19.5 Å². The average Bonchev–Trinajstić information content (AvgIpc) is 3.15. The summed E-state index contributed by atoms with van der Waals surface area (Å²) >= 11 is 1.52. The van der Waals surface area contributed by atoms with Gasteiger partial charge in [-0.25, -0.2) is 9.59 Å². The van der Waals surface area contributed by atoms with Gasteiger partial charge in [0.05, 0.1) is 0 Å². The lowest BCUT2D eigenvalue weighted by Gasteiger charge is -2.35. The van der Waals surface area contributed by atoms with Gasteiger partial charge in [-0.05, 0) is 28.7 Å². The van der Waals surface area contributed by atoms with Gasteiger partial charge in [-0.15, -0.1) is 0 Å². The van der Waals surface area contributed by atoms with Crippen molar-refractivity contribution in [1.82, 2.24) is 10.2 Å². The second-order valence-electron chi connectivity index (χ2n) is 8.27. The summed E-state index contributed by atoms with van der Waals surface area (Å²) in [6.45, 7) is 2.43. The Balaban J connectivity index is 1.43. The molecule has 1 aliphatic carbocycles. The van der Waals surface area contributed by atoms with Crippen molar-refractivity contribution in [3.05, 3.63) is 59.7 Å². The predicted octanol–water partition coefficient (Wildman–Crippen LogP) is 3.72. The van der Waals surface area contributed by atoms with Crippen molar-refractivity contribution < 1.29 is 24.2 Å². The molecular formula is C25H28N2O5S. The van der Waals surface area contributed by atoms with E-state index in [-0.39, 0.29) is 18.4 Å². The topological polar surface area (TPSA) is 95.9 Å². The third kappa shape index (κ3) is 4.85. The molecule has 0 spiro atoms. The average molecular weight is 469 g/mol. The van der Waals surface area contributed by atoms with Gasteiger partial charge in [0.25, 0.3) is 0 Å². The van der Waals surface area contributed by atoms with Gasteiger partial charge in [-0.2, -0.15) is 11.8 Å². The maximum absolute atomic E-state index is 13.1. The summed E-state index contributed by atoms with van der Waals surface area (Å²) in [5.74, 6) is -0.423. The molecule has 7 nitrogen and oxygen atoms in total. The zero-order valence-electron chi connectivity index (χ0n) is 18.5. The number of rotatable bonds is 7. The molecule has 2 aromatic rings. The van der Waals surface area contributed by atoms with Crippen LogP contribution < -0.4 is 5.32 Å². The van der Waals surface area contributed by atoms with Crippen LogP contribution in [0.1, 0.15) is 36.8 Å². The second-order valence-corrected chi connectivity index (χ2v) is 9.42. The maximum atomic E-state index is 13.1. The molecule has 2 aromatic carbocycles. The van der Waals surface area contributed by atoms with E-state index in [1.807, 2.05) is 43.3 Å². The fraction of sp³-hybridized carbons (Fsp3) is 0.400. The minimum atomic E-state index is -1.02. The fourth-order valence-corrected chi connectivity index (χ4v) is 5.64. The highest BCUT2D eigenvalue weighted by molar-refractivity contribution is 7.99. The first kappa shape index (κ1) is 23.2. The van der Waals surface area contributed by atoms with Crippen molar-refractivity contribution in [2.45, 2.75) is 37.8 Å². The third-order valence-electron chi connectivity index (χ3n) is 6.21. The van der Waals surface area contributed by atoms with Crippen molar-refractivity contribution in [3.63, 3.8) is 0 Å². The highest BCUT2D eigenvalue weighted by atomic mass is 32.2. The van der Waals surface area contributed by atoms with Crippen molar-refractivity contribution in [2.75, 3.05) is 24.7 Å². The summed E-state index contributed by atoms with van der Waals surface area (Å²) in [4.78, 5) is 38.8. The van der Waals surface area contributed by atoms with Gasteiger partial charge in [-0.1, -0.05) is 61.9 Å². The van der Waals surface area contributed by atoms with Crippen molar-refractivity contribution in [1.29, 1.82) is 0 Å². The number of thioether (sulfide) groups is 1. The molecule has 0 saturated carbocycles. The second kappa shape index (κ2) is 10.3. The molecule has 1 fully saturated rings. The number of alkyl carbamates (subject to hydrolysis) is 1. The molecule has 174 valence electrons. The standard InChI is InChI=1S/C25H28N2O5S/c1-2-7-21(23(28)27-12-13-33-15-22(27)24(29)30)26-25(31)32-14-20-18-10-5-3-8-16(18)17-9-4-6-11-19(17)20/h3-6,8-11,20-22H,2,7,12-15H2,1H3,(H,26,31)(H,29,30)/t21-,22?/m0/s1. The van der Waals surface area contributed by atoms with Gasteiger partial charge in [0.15, 0.2) is 0 Å². The molecule has 0 radical (unpaired) electrons. The SMILES string of the molecule is CCC[C@H](NC(=O)OCC1c2ccccc2-c2ccccc21)C(=O)N1CCSCC1C(=O)O. The molecule has 0 bridgehead atoms. The van der Waals surface area contributed by atoms with Gasteiger partial charge in [0.2, 0.25) is 5.91 Å². The summed E-state index contributed by atoms with van der Waals surface area (Å²) in [5, 5.41) is 12.2. The summed E-state index contributed by atoms with van der Waals surface area (Å²) in [7, 11) is 0. The third-order valence-corrected chi connectivity index (χ3v) is 7.23. The quantitative estimate of drug-likeness (QED) is 0.643. The van der Waals surface area contributed by atoms with Gasteiger partial charge in [-0.3, -0.25) is 4.79 Å². The Hall–Kier alpha value is -3.00. The fourth-order valence-electron chi connectivity index (χ4n) is 4.60. The molecule has 0 aromatic heterocycles. The predicted molar refractivity (Wildman–Crippen MR) is 127 cm³/mol. The Labute approximate surface area is 197 Å². The van der Waals surface area contributed by atoms with Gasteiger partial charge >= 0.3 is 12.1 Å². The van der Waals surface area contributed by atoms with E-state index >= 15 is 0 Å². The summed E-state index contributed by atoms with van der Waals surface area (Å²) in [5.41, 5.74) is 4.51. The summed E-state index contributed by atoms with van der Waals surface area (Å²) in [6, 6.07) is 14.5. The molecule has 2 N–H and O–H groups in total. The zero-order valence-corrected chi connectivity index (χ0v) is 19.3. The number of carbonyl (C=O) groups excluding carboxylic acids is 2. The number of carboxylic acid groups (broad SMARTS) is 1. The minimum absolute atomic E-state index is 0.0704. The highest BCUT2D eigenvalue weighted by Crippen LogP contribution is 2.44. The summed E-state index contributed by atoms with van der Waals surface area (Å²) < 4.78 is 5.59. The first-order chi connectivity index (χ1) is 16.0. The van der Waals surface area contributed by atoms with Gasteiger partial charge in [0, 0.05) is 24.0 Å². The normalized spacial score (nSPS) is 18.2. The van der Waals surface area contributed by atoms with Crippen LogP contribution in [0, 0.1) is 0 Å². The minimum Gasteiger partial charge on any atom is -0.480 e. The van der Waals surface area contributed by atoms with Crippen LogP contribution in [0.4, 0.5) is 4.79 Å². The Bertz CT molecular complexity index is 997. The lowest BCUT2D eigenvalue weighted by molar-refractivity contribution is -0.150. The molecule has 4 rings (SSSR count). The molecule has 2 atom stereocenters. The number of benzene rings is 2. The number of ether oxygens (including phenoxy) is 1. The molecule has 8 heteroatoms. The van der Waals surface area contributed by atoms with Crippen LogP contribution in [0.3, 0.4) is 0 Å². The highest BCUT2D eigenvalue weighted by Gasteiger charge is 2.36. The lowest BCUT2D eigenvalue weighted by Crippen LogP contribution is -2.57. The molecular weight excluding hydrogens is 440 g/mol. The van der Waals surface area contributed by atoms with E-state index in [4.69, 9.17) is 4.74 Å². The number of fused-ring (bicyclic) bond motifs is 3. The van der Waals surface area contributed by atoms with E-state index in [1.165, 1.54) is 16.7 Å². The number of nitrogens with zero attached hydrogens (tertiary/aromatic N) is 1. The van der Waals surface area contributed by atoms with Crippen LogP contribution in [0.2, 0.25) is 0 Å². The number of aliphatic carboxylic acids is 1. The Kier molecular flexibility index (Phi) is 7.23. The monoisotopic (exact) mass is 468 g/mol. The van der Waals surface area contributed by atoms with Crippen LogP contribution in [0.15, 0.2) is 48.5 Å². The first-order valence-corrected chi connectivity index (χ1v) is 12.4. The smallest absolute Gasteiger partial charge is 0.407 e. The first-order valence-electron chi connectivity index (χ1n) is 11.2. The number of hydrogen-bond donors (Lipinski definition) is 2. The maximum Gasteiger partial charge on any atom is 0.407 e. The van der Waals surface area contributed by atoms with Crippen molar-refractivity contribution in [3.8, 4) is 11.1 Å². The van der Waals surface area contributed by atoms with Crippen LogP contribution >= 0.6 is 11.8 Å². The Morgan fingerprint density at radius 1 is 1.12 bits per heavy atom. The molecule has 1 saturated heterocycles. The van der Waals surface area contributed by atoms with Gasteiger partial charge in [0.1, 0.15) is 18.7 Å². The van der Waals surface area contributed by atoms with Crippen LogP contribution in [-0.4, -0.2) is 64.7 Å². The lowest BCUT2D eigenvalue weighted by atomic mass is 9.98. The van der Waals surface area contributed by atoms with Crippen LogP contribution in [-0.2, 0) is 14.3 Å². The van der Waals surface area contributed by atoms with Gasteiger partial charge < -0.3 is 20.1 Å². The van der Waals surface area contributed by atoms with E-state index in [2.05, 4.69) is 17.4 Å². The number of nitrogens with one attached hydrogen (secondary N) is 1. The summed E-state index contributed by atoms with van der Waals surface area (Å²) in [6.07, 6.45) is 0.418. The molecule has 2 amide bonds. The number of amides is 2. The Morgan fingerprint density at radius 3 is 2.36 bits per heavy atom. The molecule has 1 unspecified atom stereocenters. The number of carboxylic acids is 1. The van der Waals surface area contributed by atoms with E-state index in [0.717, 1.165) is 22.3 Å². The van der Waals surface area contributed by atoms with E-state index in [0.29, 0.717) is 30.9 Å². The molecule has 33 heavy (non-hydrogen) atoms. The van der Waals surface area contributed by atoms with Crippen LogP contribution in [0.25, 0.3) is 11.1 Å².